The summed E-state index contributed by atoms with van der Waals surface area (Å²) in [7, 11) is 1.51. The van der Waals surface area contributed by atoms with Gasteiger partial charge in [-0.3, -0.25) is 9.59 Å². The highest BCUT2D eigenvalue weighted by atomic mass is 35.5. The first-order valence-corrected chi connectivity index (χ1v) is 8.03. The summed E-state index contributed by atoms with van der Waals surface area (Å²) in [6.45, 7) is 1.70. The number of nitrogens with zero attached hydrogens (tertiary/aromatic N) is 1. The van der Waals surface area contributed by atoms with Crippen LogP contribution in [0.5, 0.6) is 0 Å². The van der Waals surface area contributed by atoms with E-state index >= 15 is 0 Å². The molecule has 5 nitrogen and oxygen atoms in total. The second-order valence-corrected chi connectivity index (χ2v) is 6.03. The molecule has 2 amide bonds. The standard InChI is InChI=1S/C18H19ClFN3O2/c1-12-6-8-13(9-7-12)22-16(24)11-23(2)17(25)10-21-15-5-3-4-14(19)18(15)20/h3-9,21H,10-11H2,1-2H3,(H,22,24). The van der Waals surface area contributed by atoms with Crippen LogP contribution in [0.15, 0.2) is 42.5 Å². The van der Waals surface area contributed by atoms with Crippen LogP contribution in [-0.4, -0.2) is 36.9 Å². The van der Waals surface area contributed by atoms with E-state index in [-0.39, 0.29) is 35.6 Å². The van der Waals surface area contributed by atoms with Gasteiger partial charge < -0.3 is 15.5 Å². The first-order chi connectivity index (χ1) is 11.9. The van der Waals surface area contributed by atoms with Gasteiger partial charge in [-0.2, -0.15) is 0 Å². The number of carbonyl (C=O) groups excluding carboxylic acids is 2. The number of hydrogen-bond acceptors (Lipinski definition) is 3. The maximum atomic E-state index is 13.8. The number of benzene rings is 2. The molecular weight excluding hydrogens is 345 g/mol. The Labute approximate surface area is 150 Å². The molecule has 0 aromatic heterocycles. The van der Waals surface area contributed by atoms with Crippen LogP contribution in [-0.2, 0) is 9.59 Å². The number of hydrogen-bond donors (Lipinski definition) is 2. The van der Waals surface area contributed by atoms with Crippen LogP contribution in [0.2, 0.25) is 5.02 Å². The number of carbonyl (C=O) groups is 2. The van der Waals surface area contributed by atoms with E-state index in [1.54, 1.807) is 18.2 Å². The van der Waals surface area contributed by atoms with E-state index in [2.05, 4.69) is 10.6 Å². The molecule has 2 aromatic carbocycles. The van der Waals surface area contributed by atoms with Gasteiger partial charge >= 0.3 is 0 Å². The zero-order valence-corrected chi connectivity index (χ0v) is 14.7. The number of anilines is 2. The molecule has 0 aliphatic carbocycles. The number of amides is 2. The van der Waals surface area contributed by atoms with Gasteiger partial charge in [0, 0.05) is 12.7 Å². The van der Waals surface area contributed by atoms with Gasteiger partial charge in [-0.05, 0) is 31.2 Å². The molecule has 2 N–H and O–H groups in total. The SMILES string of the molecule is Cc1ccc(NC(=O)CN(C)C(=O)CNc2cccc(Cl)c2F)cc1. The highest BCUT2D eigenvalue weighted by Crippen LogP contribution is 2.21. The lowest BCUT2D eigenvalue weighted by molar-refractivity contribution is -0.131. The van der Waals surface area contributed by atoms with E-state index in [9.17, 15) is 14.0 Å². The molecule has 25 heavy (non-hydrogen) atoms. The van der Waals surface area contributed by atoms with E-state index in [1.165, 1.54) is 24.1 Å². The van der Waals surface area contributed by atoms with Gasteiger partial charge in [0.2, 0.25) is 11.8 Å². The van der Waals surface area contributed by atoms with Gasteiger partial charge in [0.05, 0.1) is 23.8 Å². The molecule has 7 heteroatoms. The topological polar surface area (TPSA) is 61.4 Å². The van der Waals surface area contributed by atoms with Gasteiger partial charge in [0.25, 0.3) is 0 Å². The van der Waals surface area contributed by atoms with E-state index in [0.29, 0.717) is 5.69 Å². The summed E-state index contributed by atoms with van der Waals surface area (Å²) in [5.41, 5.74) is 1.89. The molecule has 0 spiro atoms. The Kier molecular flexibility index (Phi) is 6.36. The van der Waals surface area contributed by atoms with Crippen LogP contribution < -0.4 is 10.6 Å². The molecule has 0 unspecified atom stereocenters. The molecule has 0 aliphatic heterocycles. The minimum atomic E-state index is -0.614. The average molecular weight is 364 g/mol. The van der Waals surface area contributed by atoms with Crippen molar-refractivity contribution in [2.24, 2.45) is 0 Å². The Hall–Kier alpha value is -2.60. The van der Waals surface area contributed by atoms with E-state index < -0.39 is 5.82 Å². The fraction of sp³-hybridized carbons (Fsp3) is 0.222. The summed E-state index contributed by atoms with van der Waals surface area (Å²) < 4.78 is 13.8. The van der Waals surface area contributed by atoms with Crippen LogP contribution in [0.25, 0.3) is 0 Å². The highest BCUT2D eigenvalue weighted by Gasteiger charge is 2.14. The average Bonchev–Trinajstić information content (AvgIpc) is 2.58. The zero-order chi connectivity index (χ0) is 18.4. The van der Waals surface area contributed by atoms with Gasteiger partial charge in [-0.1, -0.05) is 35.4 Å². The van der Waals surface area contributed by atoms with Gasteiger partial charge in [0.1, 0.15) is 0 Å². The number of rotatable bonds is 6. The summed E-state index contributed by atoms with van der Waals surface area (Å²) in [5, 5.41) is 5.37. The molecule has 0 atom stereocenters. The molecular formula is C18H19ClFN3O2. The number of halogens is 2. The van der Waals surface area contributed by atoms with Crippen molar-refractivity contribution in [2.45, 2.75) is 6.92 Å². The van der Waals surface area contributed by atoms with Crippen LogP contribution in [0.3, 0.4) is 0 Å². The molecule has 0 radical (unpaired) electrons. The minimum absolute atomic E-state index is 0.0247. The van der Waals surface area contributed by atoms with Gasteiger partial charge in [-0.25, -0.2) is 4.39 Å². The Bertz CT molecular complexity index is 765. The summed E-state index contributed by atoms with van der Waals surface area (Å²) in [6.07, 6.45) is 0. The molecule has 2 rings (SSSR count). The first-order valence-electron chi connectivity index (χ1n) is 7.65. The van der Waals surface area contributed by atoms with Crippen molar-refractivity contribution < 1.29 is 14.0 Å². The van der Waals surface area contributed by atoms with Crippen molar-refractivity contribution in [3.63, 3.8) is 0 Å². The van der Waals surface area contributed by atoms with Crippen LogP contribution in [0.1, 0.15) is 5.56 Å². The monoisotopic (exact) mass is 363 g/mol. The molecule has 0 saturated heterocycles. The van der Waals surface area contributed by atoms with Gasteiger partial charge in [0.15, 0.2) is 5.82 Å². The molecule has 0 aliphatic rings. The second kappa shape index (κ2) is 8.48. The van der Waals surface area contributed by atoms with E-state index in [4.69, 9.17) is 11.6 Å². The Balaban J connectivity index is 1.84. The number of likely N-dealkylation sites (N-methyl/N-ethyl adjacent to an activating group) is 1. The summed E-state index contributed by atoms with van der Waals surface area (Å²) in [5.74, 6) is -1.27. The Morgan fingerprint density at radius 1 is 1.16 bits per heavy atom. The Morgan fingerprint density at radius 2 is 1.84 bits per heavy atom. The Morgan fingerprint density at radius 3 is 2.52 bits per heavy atom. The fourth-order valence-electron chi connectivity index (χ4n) is 2.09. The lowest BCUT2D eigenvalue weighted by Gasteiger charge is -2.18. The van der Waals surface area contributed by atoms with Crippen molar-refractivity contribution >= 4 is 34.8 Å². The van der Waals surface area contributed by atoms with Crippen molar-refractivity contribution in [3.8, 4) is 0 Å². The molecule has 2 aromatic rings. The van der Waals surface area contributed by atoms with Crippen molar-refractivity contribution in [3.05, 3.63) is 58.9 Å². The third-order valence-electron chi connectivity index (χ3n) is 3.52. The summed E-state index contributed by atoms with van der Waals surface area (Å²) in [4.78, 5) is 25.3. The molecule has 0 heterocycles. The predicted molar refractivity (Wildman–Crippen MR) is 97.3 cm³/mol. The minimum Gasteiger partial charge on any atom is -0.374 e. The smallest absolute Gasteiger partial charge is 0.243 e. The maximum Gasteiger partial charge on any atom is 0.243 e. The molecule has 132 valence electrons. The zero-order valence-electron chi connectivity index (χ0n) is 14.0. The molecule has 0 bridgehead atoms. The predicted octanol–water partition coefficient (Wildman–Crippen LogP) is 3.30. The van der Waals surface area contributed by atoms with Crippen molar-refractivity contribution in [2.75, 3.05) is 30.8 Å². The number of aryl methyl sites for hydroxylation is 1. The fourth-order valence-corrected chi connectivity index (χ4v) is 2.26. The summed E-state index contributed by atoms with van der Waals surface area (Å²) >= 11 is 5.68. The van der Waals surface area contributed by atoms with E-state index in [0.717, 1.165) is 5.56 Å². The van der Waals surface area contributed by atoms with Crippen LogP contribution in [0.4, 0.5) is 15.8 Å². The normalized spacial score (nSPS) is 10.2. The lowest BCUT2D eigenvalue weighted by Crippen LogP contribution is -2.38. The maximum absolute atomic E-state index is 13.8. The quantitative estimate of drug-likeness (QED) is 0.827. The van der Waals surface area contributed by atoms with Gasteiger partial charge in [-0.15, -0.1) is 0 Å². The molecule has 0 saturated carbocycles. The van der Waals surface area contributed by atoms with Crippen molar-refractivity contribution in [1.29, 1.82) is 0 Å². The number of nitrogens with one attached hydrogen (secondary N) is 2. The van der Waals surface area contributed by atoms with Crippen LogP contribution >= 0.6 is 11.6 Å². The third kappa shape index (κ3) is 5.46. The second-order valence-electron chi connectivity index (χ2n) is 5.62. The van der Waals surface area contributed by atoms with Crippen LogP contribution in [0, 0.1) is 12.7 Å². The largest absolute Gasteiger partial charge is 0.374 e. The van der Waals surface area contributed by atoms with Crippen molar-refractivity contribution in [1.82, 2.24) is 4.90 Å². The molecule has 0 fully saturated rings. The van der Waals surface area contributed by atoms with E-state index in [1.807, 2.05) is 19.1 Å². The lowest BCUT2D eigenvalue weighted by atomic mass is 10.2. The highest BCUT2D eigenvalue weighted by molar-refractivity contribution is 6.31. The summed E-state index contributed by atoms with van der Waals surface area (Å²) in [6, 6.07) is 11.8. The third-order valence-corrected chi connectivity index (χ3v) is 3.82. The first kappa shape index (κ1) is 18.7.